The highest BCUT2D eigenvalue weighted by Gasteiger charge is 2.55. The number of rotatable bonds is 9. The largest absolute Gasteiger partial charge is 0.454 e. The van der Waals surface area contributed by atoms with Crippen LogP contribution in [0.5, 0.6) is 0 Å². The Morgan fingerprint density at radius 1 is 1.32 bits per heavy atom. The third kappa shape index (κ3) is 5.23. The summed E-state index contributed by atoms with van der Waals surface area (Å²) in [4.78, 5) is 49.9. The van der Waals surface area contributed by atoms with Crippen LogP contribution in [0.2, 0.25) is 0 Å². The third-order valence-electron chi connectivity index (χ3n) is 5.80. The standard InChI is InChI=1S/C20H33N3O5/c1-4-5-6-10-15(3)21-16(24)13-28-17(25)12-23-18(26)20(22-19(23)27)11-8-7-9-14(20)2/h14-15H,4-13H2,1-3H3,(H,21,24)(H,22,27)/t14-,15+,20-/m0/s1. The molecule has 2 fully saturated rings. The molecule has 4 amide bonds. The fraction of sp³-hybridized carbons (Fsp3) is 0.800. The van der Waals surface area contributed by atoms with Gasteiger partial charge in [-0.3, -0.25) is 19.3 Å². The molecule has 0 unspecified atom stereocenters. The molecule has 2 rings (SSSR count). The smallest absolute Gasteiger partial charge is 0.326 e. The summed E-state index contributed by atoms with van der Waals surface area (Å²) in [5.74, 6) is -1.49. The monoisotopic (exact) mass is 395 g/mol. The molecule has 8 heteroatoms. The van der Waals surface area contributed by atoms with Crippen molar-refractivity contribution in [1.82, 2.24) is 15.5 Å². The van der Waals surface area contributed by atoms with Gasteiger partial charge in [-0.1, -0.05) is 46.0 Å². The number of urea groups is 1. The van der Waals surface area contributed by atoms with E-state index in [4.69, 9.17) is 4.74 Å². The topological polar surface area (TPSA) is 105 Å². The van der Waals surface area contributed by atoms with Gasteiger partial charge in [-0.15, -0.1) is 0 Å². The summed E-state index contributed by atoms with van der Waals surface area (Å²) < 4.78 is 4.97. The number of ether oxygens (including phenoxy) is 1. The summed E-state index contributed by atoms with van der Waals surface area (Å²) in [6.07, 6.45) is 7.47. The molecule has 0 aromatic heterocycles. The lowest BCUT2D eigenvalue weighted by molar-refractivity contribution is -0.151. The number of nitrogens with one attached hydrogen (secondary N) is 2. The molecular weight excluding hydrogens is 362 g/mol. The molecule has 3 atom stereocenters. The number of esters is 1. The number of carbonyl (C=O) groups excluding carboxylic acids is 4. The summed E-state index contributed by atoms with van der Waals surface area (Å²) in [5.41, 5.74) is -0.902. The molecule has 158 valence electrons. The quantitative estimate of drug-likeness (QED) is 0.353. The van der Waals surface area contributed by atoms with Gasteiger partial charge in [0, 0.05) is 6.04 Å². The zero-order valence-electron chi connectivity index (χ0n) is 17.2. The van der Waals surface area contributed by atoms with Crippen LogP contribution in [0.25, 0.3) is 0 Å². The van der Waals surface area contributed by atoms with E-state index in [1.165, 1.54) is 0 Å². The van der Waals surface area contributed by atoms with E-state index in [-0.39, 0.29) is 23.8 Å². The maximum absolute atomic E-state index is 12.8. The molecular formula is C20H33N3O5. The molecule has 1 heterocycles. The number of hydrogen-bond donors (Lipinski definition) is 2. The Balaban J connectivity index is 1.79. The molecule has 1 saturated carbocycles. The van der Waals surface area contributed by atoms with E-state index in [9.17, 15) is 19.2 Å². The molecule has 8 nitrogen and oxygen atoms in total. The Labute approximate surface area is 166 Å². The van der Waals surface area contributed by atoms with E-state index in [0.717, 1.165) is 49.8 Å². The SMILES string of the molecule is CCCCC[C@@H](C)NC(=O)COC(=O)CN1C(=O)N[C@]2(CCCC[C@@H]2C)C1=O. The van der Waals surface area contributed by atoms with E-state index in [0.29, 0.717) is 6.42 Å². The summed E-state index contributed by atoms with van der Waals surface area (Å²) in [6.45, 7) is 5.09. The van der Waals surface area contributed by atoms with Crippen LogP contribution >= 0.6 is 0 Å². The van der Waals surface area contributed by atoms with Crippen LogP contribution in [0.15, 0.2) is 0 Å². The van der Waals surface area contributed by atoms with Gasteiger partial charge in [0.15, 0.2) is 6.61 Å². The molecule has 1 aliphatic heterocycles. The molecule has 1 aliphatic carbocycles. The zero-order valence-corrected chi connectivity index (χ0v) is 17.2. The summed E-state index contributed by atoms with van der Waals surface area (Å²) in [6, 6.07) is -0.555. The third-order valence-corrected chi connectivity index (χ3v) is 5.80. The molecule has 2 N–H and O–H groups in total. The number of imide groups is 1. The Bertz CT molecular complexity index is 609. The number of unbranched alkanes of at least 4 members (excludes halogenated alkanes) is 2. The van der Waals surface area contributed by atoms with Crippen molar-refractivity contribution in [3.05, 3.63) is 0 Å². The van der Waals surface area contributed by atoms with Gasteiger partial charge in [-0.25, -0.2) is 4.79 Å². The first-order chi connectivity index (χ1) is 13.3. The van der Waals surface area contributed by atoms with E-state index >= 15 is 0 Å². The van der Waals surface area contributed by atoms with Gasteiger partial charge in [0.25, 0.3) is 11.8 Å². The summed E-state index contributed by atoms with van der Waals surface area (Å²) in [5, 5.41) is 5.57. The van der Waals surface area contributed by atoms with Crippen molar-refractivity contribution in [3.63, 3.8) is 0 Å². The van der Waals surface area contributed by atoms with Crippen LogP contribution in [0.3, 0.4) is 0 Å². The highest BCUT2D eigenvalue weighted by Crippen LogP contribution is 2.38. The first-order valence-electron chi connectivity index (χ1n) is 10.4. The predicted molar refractivity (Wildman–Crippen MR) is 103 cm³/mol. The minimum Gasteiger partial charge on any atom is -0.454 e. The van der Waals surface area contributed by atoms with Crippen LogP contribution in [0.4, 0.5) is 4.79 Å². The second kappa shape index (κ2) is 9.89. The highest BCUT2D eigenvalue weighted by molar-refractivity contribution is 6.09. The highest BCUT2D eigenvalue weighted by atomic mass is 16.5. The van der Waals surface area contributed by atoms with E-state index in [1.807, 2.05) is 13.8 Å². The number of hydrogen-bond acceptors (Lipinski definition) is 5. The Morgan fingerprint density at radius 3 is 2.75 bits per heavy atom. The van der Waals surface area contributed by atoms with Crippen molar-refractivity contribution in [1.29, 1.82) is 0 Å². The minimum atomic E-state index is -0.902. The average Bonchev–Trinajstić information content (AvgIpc) is 2.88. The van der Waals surface area contributed by atoms with Crippen LogP contribution in [-0.4, -0.2) is 53.4 Å². The Kier molecular flexibility index (Phi) is 7.83. The van der Waals surface area contributed by atoms with E-state index in [2.05, 4.69) is 17.6 Å². The lowest BCUT2D eigenvalue weighted by Gasteiger charge is -2.36. The predicted octanol–water partition coefficient (Wildman–Crippen LogP) is 2.12. The molecule has 2 aliphatic rings. The van der Waals surface area contributed by atoms with Crippen molar-refractivity contribution in [2.24, 2.45) is 5.92 Å². The molecule has 28 heavy (non-hydrogen) atoms. The Morgan fingerprint density at radius 2 is 2.07 bits per heavy atom. The first kappa shape index (κ1) is 22.2. The van der Waals surface area contributed by atoms with Crippen LogP contribution in [-0.2, 0) is 19.1 Å². The number of nitrogens with zero attached hydrogens (tertiary/aromatic N) is 1. The lowest BCUT2D eigenvalue weighted by Crippen LogP contribution is -2.54. The molecule has 0 aromatic rings. The molecule has 1 saturated heterocycles. The van der Waals surface area contributed by atoms with Gasteiger partial charge in [0.1, 0.15) is 12.1 Å². The zero-order chi connectivity index (χ0) is 20.7. The van der Waals surface area contributed by atoms with Crippen LogP contribution in [0, 0.1) is 5.92 Å². The summed E-state index contributed by atoms with van der Waals surface area (Å²) >= 11 is 0. The molecule has 1 spiro atoms. The Hall–Kier alpha value is -2.12. The van der Waals surface area contributed by atoms with E-state index in [1.54, 1.807) is 0 Å². The molecule has 0 radical (unpaired) electrons. The number of carbonyl (C=O) groups is 4. The second-order valence-electron chi connectivity index (χ2n) is 8.06. The fourth-order valence-corrected chi connectivity index (χ4v) is 4.05. The van der Waals surface area contributed by atoms with Crippen molar-refractivity contribution < 1.29 is 23.9 Å². The van der Waals surface area contributed by atoms with Crippen molar-refractivity contribution in [2.45, 2.75) is 83.7 Å². The maximum atomic E-state index is 12.8. The maximum Gasteiger partial charge on any atom is 0.326 e. The second-order valence-corrected chi connectivity index (χ2v) is 8.06. The van der Waals surface area contributed by atoms with Crippen LogP contribution in [0.1, 0.15) is 72.1 Å². The first-order valence-corrected chi connectivity index (χ1v) is 10.4. The minimum absolute atomic E-state index is 0.0105. The fourth-order valence-electron chi connectivity index (χ4n) is 4.05. The number of amides is 4. The average molecular weight is 396 g/mol. The van der Waals surface area contributed by atoms with E-state index < -0.39 is 30.7 Å². The van der Waals surface area contributed by atoms with Crippen molar-refractivity contribution in [2.75, 3.05) is 13.2 Å². The van der Waals surface area contributed by atoms with Gasteiger partial charge in [0.2, 0.25) is 0 Å². The van der Waals surface area contributed by atoms with Gasteiger partial charge < -0.3 is 15.4 Å². The van der Waals surface area contributed by atoms with Crippen molar-refractivity contribution >= 4 is 23.8 Å². The van der Waals surface area contributed by atoms with Gasteiger partial charge in [0.05, 0.1) is 0 Å². The van der Waals surface area contributed by atoms with Crippen LogP contribution < -0.4 is 10.6 Å². The molecule has 0 bridgehead atoms. The molecule has 0 aromatic carbocycles. The lowest BCUT2D eigenvalue weighted by atomic mass is 9.73. The normalized spacial score (nSPS) is 25.5. The van der Waals surface area contributed by atoms with Gasteiger partial charge in [-0.05, 0) is 32.1 Å². The van der Waals surface area contributed by atoms with Gasteiger partial charge >= 0.3 is 12.0 Å². The summed E-state index contributed by atoms with van der Waals surface area (Å²) in [7, 11) is 0. The van der Waals surface area contributed by atoms with Crippen molar-refractivity contribution in [3.8, 4) is 0 Å². The van der Waals surface area contributed by atoms with Gasteiger partial charge in [-0.2, -0.15) is 0 Å².